The van der Waals surface area contributed by atoms with Crippen LogP contribution in [0.2, 0.25) is 0 Å². The number of hydrogen-bond donors (Lipinski definition) is 3. The zero-order valence-electron chi connectivity index (χ0n) is 12.0. The second-order valence-electron chi connectivity index (χ2n) is 5.43. The fourth-order valence-corrected chi connectivity index (χ4v) is 2.89. The summed E-state index contributed by atoms with van der Waals surface area (Å²) in [5.41, 5.74) is 10.6. The molecule has 0 aromatic heterocycles. The van der Waals surface area contributed by atoms with Crippen LogP contribution in [0.15, 0.2) is 42.5 Å². The van der Waals surface area contributed by atoms with Crippen LogP contribution in [0.4, 0.5) is 5.69 Å². The minimum atomic E-state index is -0.0924. The quantitative estimate of drug-likeness (QED) is 0.739. The van der Waals surface area contributed by atoms with Gasteiger partial charge >= 0.3 is 0 Å². The highest BCUT2D eigenvalue weighted by Gasteiger charge is 2.23. The summed E-state index contributed by atoms with van der Waals surface area (Å²) in [4.78, 5) is 12.4. The third-order valence-electron chi connectivity index (χ3n) is 3.88. The zero-order chi connectivity index (χ0) is 14.8. The lowest BCUT2D eigenvalue weighted by molar-refractivity contribution is 0.0934. The summed E-state index contributed by atoms with van der Waals surface area (Å²) in [7, 11) is 0. The summed E-state index contributed by atoms with van der Waals surface area (Å²) in [6, 6.07) is 13.3. The Bertz CT molecular complexity index is 681. The summed E-state index contributed by atoms with van der Waals surface area (Å²) in [6.07, 6.45) is 0. The van der Waals surface area contributed by atoms with E-state index in [4.69, 9.17) is 5.73 Å². The molecule has 4 N–H and O–H groups in total. The molecule has 108 valence electrons. The summed E-state index contributed by atoms with van der Waals surface area (Å²) < 4.78 is 0. The molecule has 0 bridgehead atoms. The van der Waals surface area contributed by atoms with Gasteiger partial charge in [-0.1, -0.05) is 24.3 Å². The molecule has 1 amide bonds. The van der Waals surface area contributed by atoms with E-state index in [0.29, 0.717) is 11.3 Å². The smallest absolute Gasteiger partial charge is 0.251 e. The van der Waals surface area contributed by atoms with Crippen molar-refractivity contribution in [3.8, 4) is 0 Å². The zero-order valence-corrected chi connectivity index (χ0v) is 12.0. The second kappa shape index (κ2) is 5.58. The number of nitrogens with two attached hydrogens (primary N) is 1. The molecule has 1 aliphatic heterocycles. The fourth-order valence-electron chi connectivity index (χ4n) is 2.89. The Morgan fingerprint density at radius 2 is 2.10 bits per heavy atom. The number of fused-ring (bicyclic) bond motifs is 1. The number of rotatable bonds is 2. The Labute approximate surface area is 124 Å². The number of benzene rings is 2. The highest BCUT2D eigenvalue weighted by atomic mass is 16.1. The van der Waals surface area contributed by atoms with Crippen LogP contribution in [-0.4, -0.2) is 12.5 Å². The maximum atomic E-state index is 12.4. The normalized spacial score (nSPS) is 17.1. The number of nitrogen functional groups attached to an aromatic ring is 1. The van der Waals surface area contributed by atoms with E-state index in [-0.39, 0.29) is 11.9 Å². The number of anilines is 1. The van der Waals surface area contributed by atoms with Gasteiger partial charge in [-0.3, -0.25) is 4.79 Å². The van der Waals surface area contributed by atoms with Crippen LogP contribution in [-0.2, 0) is 6.54 Å². The lowest BCUT2D eigenvalue weighted by atomic mass is 9.92. The Morgan fingerprint density at radius 1 is 1.29 bits per heavy atom. The Balaban J connectivity index is 1.85. The molecule has 0 spiro atoms. The van der Waals surface area contributed by atoms with E-state index in [1.807, 2.05) is 0 Å². The van der Waals surface area contributed by atoms with Crippen LogP contribution in [0.5, 0.6) is 0 Å². The van der Waals surface area contributed by atoms with Gasteiger partial charge < -0.3 is 16.4 Å². The van der Waals surface area contributed by atoms with Gasteiger partial charge in [0.05, 0.1) is 6.04 Å². The Kier molecular flexibility index (Phi) is 3.62. The van der Waals surface area contributed by atoms with Crippen LogP contribution in [0.25, 0.3) is 0 Å². The maximum absolute atomic E-state index is 12.4. The van der Waals surface area contributed by atoms with Gasteiger partial charge in [-0.15, -0.1) is 0 Å². The van der Waals surface area contributed by atoms with Crippen molar-refractivity contribution in [1.82, 2.24) is 10.6 Å². The Hall–Kier alpha value is -2.33. The number of hydrogen-bond acceptors (Lipinski definition) is 3. The van der Waals surface area contributed by atoms with Gasteiger partial charge in [0.25, 0.3) is 5.91 Å². The first-order valence-corrected chi connectivity index (χ1v) is 7.10. The third kappa shape index (κ3) is 2.76. The molecule has 0 radical (unpaired) electrons. The molecule has 1 aliphatic rings. The van der Waals surface area contributed by atoms with Crippen molar-refractivity contribution < 1.29 is 4.79 Å². The molecular formula is C17H19N3O. The van der Waals surface area contributed by atoms with E-state index >= 15 is 0 Å². The Morgan fingerprint density at radius 3 is 2.90 bits per heavy atom. The lowest BCUT2D eigenvalue weighted by Crippen LogP contribution is -2.39. The highest BCUT2D eigenvalue weighted by molar-refractivity contribution is 5.95. The number of carbonyl (C=O) groups excluding carboxylic acids is 1. The van der Waals surface area contributed by atoms with E-state index < -0.39 is 0 Å². The van der Waals surface area contributed by atoms with Crippen LogP contribution < -0.4 is 16.4 Å². The molecule has 0 fully saturated rings. The van der Waals surface area contributed by atoms with Crippen molar-refractivity contribution in [2.24, 2.45) is 0 Å². The summed E-state index contributed by atoms with van der Waals surface area (Å²) in [5, 5.41) is 6.45. The van der Waals surface area contributed by atoms with Gasteiger partial charge in [0.1, 0.15) is 0 Å². The SMILES string of the molecule is Cc1cccc2c1C(NC(=O)c1cccc(N)c1)CNC2. The van der Waals surface area contributed by atoms with Gasteiger partial charge in [0, 0.05) is 24.3 Å². The molecule has 0 saturated carbocycles. The lowest BCUT2D eigenvalue weighted by Gasteiger charge is -2.29. The van der Waals surface area contributed by atoms with Crippen molar-refractivity contribution >= 4 is 11.6 Å². The monoisotopic (exact) mass is 281 g/mol. The van der Waals surface area contributed by atoms with E-state index in [1.165, 1.54) is 16.7 Å². The third-order valence-corrected chi connectivity index (χ3v) is 3.88. The average molecular weight is 281 g/mol. The summed E-state index contributed by atoms with van der Waals surface area (Å²) in [6.45, 7) is 3.68. The fraction of sp³-hybridized carbons (Fsp3) is 0.235. The van der Waals surface area contributed by atoms with E-state index in [1.54, 1.807) is 24.3 Å². The topological polar surface area (TPSA) is 67.2 Å². The molecule has 1 heterocycles. The molecule has 21 heavy (non-hydrogen) atoms. The standard InChI is InChI=1S/C17H19N3O/c1-11-4-2-6-13-9-19-10-15(16(11)13)20-17(21)12-5-3-7-14(18)8-12/h2-8,15,19H,9-10,18H2,1H3,(H,20,21). The molecule has 1 atom stereocenters. The predicted molar refractivity (Wildman–Crippen MR) is 83.9 cm³/mol. The van der Waals surface area contributed by atoms with Crippen LogP contribution in [0.1, 0.15) is 33.1 Å². The first-order chi connectivity index (χ1) is 10.1. The van der Waals surface area contributed by atoms with Crippen molar-refractivity contribution in [2.75, 3.05) is 12.3 Å². The molecule has 4 nitrogen and oxygen atoms in total. The van der Waals surface area contributed by atoms with Crippen LogP contribution in [0.3, 0.4) is 0 Å². The van der Waals surface area contributed by atoms with Crippen molar-refractivity contribution in [1.29, 1.82) is 0 Å². The molecule has 2 aromatic carbocycles. The van der Waals surface area contributed by atoms with Crippen molar-refractivity contribution in [2.45, 2.75) is 19.5 Å². The number of aryl methyl sites for hydroxylation is 1. The average Bonchev–Trinajstić information content (AvgIpc) is 2.47. The molecule has 3 rings (SSSR count). The largest absolute Gasteiger partial charge is 0.399 e. The van der Waals surface area contributed by atoms with Crippen LogP contribution >= 0.6 is 0 Å². The van der Waals surface area contributed by atoms with Gasteiger partial charge in [0.15, 0.2) is 0 Å². The van der Waals surface area contributed by atoms with E-state index in [0.717, 1.165) is 13.1 Å². The predicted octanol–water partition coefficient (Wildman–Crippen LogP) is 2.15. The molecule has 4 heteroatoms. The molecule has 0 saturated heterocycles. The summed E-state index contributed by atoms with van der Waals surface area (Å²) >= 11 is 0. The van der Waals surface area contributed by atoms with Gasteiger partial charge in [0.2, 0.25) is 0 Å². The van der Waals surface area contributed by atoms with Gasteiger partial charge in [-0.25, -0.2) is 0 Å². The molecule has 0 aliphatic carbocycles. The van der Waals surface area contributed by atoms with Crippen molar-refractivity contribution in [3.63, 3.8) is 0 Å². The number of carbonyl (C=O) groups is 1. The van der Waals surface area contributed by atoms with Gasteiger partial charge in [-0.05, 0) is 41.8 Å². The number of amides is 1. The summed E-state index contributed by atoms with van der Waals surface area (Å²) in [5.74, 6) is -0.0924. The van der Waals surface area contributed by atoms with E-state index in [2.05, 4.69) is 35.8 Å². The van der Waals surface area contributed by atoms with Crippen LogP contribution in [0, 0.1) is 6.92 Å². The molecule has 2 aromatic rings. The van der Waals surface area contributed by atoms with E-state index in [9.17, 15) is 4.79 Å². The minimum absolute atomic E-state index is 0.0103. The first kappa shape index (κ1) is 13.6. The van der Waals surface area contributed by atoms with Gasteiger partial charge in [-0.2, -0.15) is 0 Å². The van der Waals surface area contributed by atoms with Crippen molar-refractivity contribution in [3.05, 3.63) is 64.7 Å². The second-order valence-corrected chi connectivity index (χ2v) is 5.43. The number of nitrogens with one attached hydrogen (secondary N) is 2. The maximum Gasteiger partial charge on any atom is 0.251 e. The molecular weight excluding hydrogens is 262 g/mol. The molecule has 1 unspecified atom stereocenters. The highest BCUT2D eigenvalue weighted by Crippen LogP contribution is 2.25. The minimum Gasteiger partial charge on any atom is -0.399 e. The first-order valence-electron chi connectivity index (χ1n) is 7.10.